The average molecular weight is 236 g/mol. The lowest BCUT2D eigenvalue weighted by Crippen LogP contribution is -2.41. The van der Waals surface area contributed by atoms with Gasteiger partial charge in [-0.1, -0.05) is 0 Å². The van der Waals surface area contributed by atoms with Gasteiger partial charge < -0.3 is 4.90 Å². The summed E-state index contributed by atoms with van der Waals surface area (Å²) < 4.78 is 0. The number of pyridine rings is 1. The first-order valence-corrected chi connectivity index (χ1v) is 6.66. The maximum atomic E-state index is 11.5. The quantitative estimate of drug-likeness (QED) is 0.737. The van der Waals surface area contributed by atoms with Crippen LogP contribution in [-0.4, -0.2) is 34.9 Å². The Balaban J connectivity index is 2.34. The van der Waals surface area contributed by atoms with Crippen LogP contribution in [0.15, 0.2) is 18.3 Å². The summed E-state index contributed by atoms with van der Waals surface area (Å²) >= 11 is 1.96. The normalized spacial score (nSPS) is 20.9. The lowest BCUT2D eigenvalue weighted by atomic mass is 10.1. The second-order valence-corrected chi connectivity index (χ2v) is 5.20. The first kappa shape index (κ1) is 11.5. The van der Waals surface area contributed by atoms with Gasteiger partial charge in [0.2, 0.25) is 0 Å². The van der Waals surface area contributed by atoms with Crippen LogP contribution in [0.2, 0.25) is 0 Å². The van der Waals surface area contributed by atoms with Gasteiger partial charge in [0.05, 0.1) is 5.56 Å². The summed E-state index contributed by atoms with van der Waals surface area (Å²) in [6, 6.07) is 4.13. The van der Waals surface area contributed by atoms with Gasteiger partial charge in [0.1, 0.15) is 5.82 Å². The number of hydrogen-bond acceptors (Lipinski definition) is 4. The lowest BCUT2D eigenvalue weighted by molar-refractivity contribution is 0.101. The van der Waals surface area contributed by atoms with Crippen molar-refractivity contribution in [1.82, 2.24) is 4.98 Å². The van der Waals surface area contributed by atoms with Crippen LogP contribution in [0.5, 0.6) is 0 Å². The average Bonchev–Trinajstić information content (AvgIpc) is 2.29. The topological polar surface area (TPSA) is 33.2 Å². The summed E-state index contributed by atoms with van der Waals surface area (Å²) in [7, 11) is 0. The largest absolute Gasteiger partial charge is 0.352 e. The number of rotatable bonds is 2. The summed E-state index contributed by atoms with van der Waals surface area (Å²) in [4.78, 5) is 18.2. The minimum Gasteiger partial charge on any atom is -0.352 e. The molecule has 1 aromatic rings. The van der Waals surface area contributed by atoms with Gasteiger partial charge in [-0.15, -0.1) is 0 Å². The van der Waals surface area contributed by atoms with Crippen LogP contribution in [-0.2, 0) is 0 Å². The van der Waals surface area contributed by atoms with Crippen molar-refractivity contribution in [3.63, 3.8) is 0 Å². The fourth-order valence-electron chi connectivity index (χ4n) is 1.94. The van der Waals surface area contributed by atoms with Gasteiger partial charge >= 0.3 is 0 Å². The standard InChI is InChI=1S/C12H16N2OS/c1-9-8-16-7-6-14(9)12-11(10(2)15)4-3-5-13-12/h3-5,9H,6-8H2,1-2H3. The zero-order valence-electron chi connectivity index (χ0n) is 9.64. The molecule has 0 bridgehead atoms. The fourth-order valence-corrected chi connectivity index (χ4v) is 2.96. The predicted octanol–water partition coefficient (Wildman–Crippen LogP) is 2.23. The Morgan fingerprint density at radius 2 is 2.44 bits per heavy atom. The highest BCUT2D eigenvalue weighted by Gasteiger charge is 2.23. The van der Waals surface area contributed by atoms with E-state index < -0.39 is 0 Å². The molecule has 1 fully saturated rings. The van der Waals surface area contributed by atoms with Crippen LogP contribution >= 0.6 is 11.8 Å². The van der Waals surface area contributed by atoms with E-state index in [1.807, 2.05) is 23.9 Å². The molecule has 0 aromatic carbocycles. The van der Waals surface area contributed by atoms with Crippen molar-refractivity contribution < 1.29 is 4.79 Å². The van der Waals surface area contributed by atoms with Crippen molar-refractivity contribution in [2.45, 2.75) is 19.9 Å². The molecule has 3 nitrogen and oxygen atoms in total. The van der Waals surface area contributed by atoms with E-state index in [-0.39, 0.29) is 5.78 Å². The molecule has 1 saturated heterocycles. The minimum absolute atomic E-state index is 0.0912. The molecular weight excluding hydrogens is 220 g/mol. The molecule has 0 N–H and O–H groups in total. The molecule has 1 aromatic heterocycles. The van der Waals surface area contributed by atoms with E-state index >= 15 is 0 Å². The van der Waals surface area contributed by atoms with Crippen LogP contribution in [0.25, 0.3) is 0 Å². The number of thioether (sulfide) groups is 1. The van der Waals surface area contributed by atoms with Crippen molar-refractivity contribution >= 4 is 23.4 Å². The molecule has 0 aliphatic carbocycles. The first-order valence-electron chi connectivity index (χ1n) is 5.50. The van der Waals surface area contributed by atoms with Gasteiger partial charge in [-0.3, -0.25) is 4.79 Å². The summed E-state index contributed by atoms with van der Waals surface area (Å²) in [5.41, 5.74) is 0.737. The molecular formula is C12H16N2OS. The molecule has 4 heteroatoms. The number of ketones is 1. The molecule has 2 rings (SSSR count). The molecule has 1 aliphatic rings. The van der Waals surface area contributed by atoms with E-state index in [0.717, 1.165) is 29.4 Å². The molecule has 1 atom stereocenters. The third-order valence-electron chi connectivity index (χ3n) is 2.81. The van der Waals surface area contributed by atoms with E-state index in [9.17, 15) is 4.79 Å². The molecule has 2 heterocycles. The number of carbonyl (C=O) groups excluding carboxylic acids is 1. The summed E-state index contributed by atoms with van der Waals surface area (Å²) in [5, 5.41) is 0. The maximum absolute atomic E-state index is 11.5. The summed E-state index contributed by atoms with van der Waals surface area (Å²) in [5.74, 6) is 3.16. The van der Waals surface area contributed by atoms with Crippen molar-refractivity contribution in [3.05, 3.63) is 23.9 Å². The third-order valence-corrected chi connectivity index (χ3v) is 4.00. The first-order chi connectivity index (χ1) is 7.70. The van der Waals surface area contributed by atoms with Crippen LogP contribution in [0, 0.1) is 0 Å². The zero-order chi connectivity index (χ0) is 11.5. The lowest BCUT2D eigenvalue weighted by Gasteiger charge is -2.34. The van der Waals surface area contributed by atoms with E-state index in [4.69, 9.17) is 0 Å². The molecule has 1 unspecified atom stereocenters. The Hall–Kier alpha value is -1.03. The van der Waals surface area contributed by atoms with Crippen LogP contribution in [0.4, 0.5) is 5.82 Å². The Morgan fingerprint density at radius 1 is 1.62 bits per heavy atom. The molecule has 0 radical (unpaired) electrons. The second-order valence-electron chi connectivity index (χ2n) is 4.05. The van der Waals surface area contributed by atoms with Gasteiger partial charge in [0, 0.05) is 30.3 Å². The highest BCUT2D eigenvalue weighted by atomic mass is 32.2. The zero-order valence-corrected chi connectivity index (χ0v) is 10.5. The van der Waals surface area contributed by atoms with Crippen molar-refractivity contribution in [1.29, 1.82) is 0 Å². The monoisotopic (exact) mass is 236 g/mol. The van der Waals surface area contributed by atoms with Gasteiger partial charge in [0.25, 0.3) is 0 Å². The number of anilines is 1. The molecule has 0 spiro atoms. The Bertz CT molecular complexity index is 394. The maximum Gasteiger partial charge on any atom is 0.163 e. The highest BCUT2D eigenvalue weighted by molar-refractivity contribution is 7.99. The van der Waals surface area contributed by atoms with Crippen LogP contribution < -0.4 is 4.90 Å². The van der Waals surface area contributed by atoms with Crippen molar-refractivity contribution in [2.75, 3.05) is 23.0 Å². The van der Waals surface area contributed by atoms with Gasteiger partial charge in [0.15, 0.2) is 5.78 Å². The third kappa shape index (κ3) is 2.21. The van der Waals surface area contributed by atoms with Crippen LogP contribution in [0.1, 0.15) is 24.2 Å². The van der Waals surface area contributed by atoms with Crippen molar-refractivity contribution in [2.24, 2.45) is 0 Å². The van der Waals surface area contributed by atoms with E-state index in [0.29, 0.717) is 6.04 Å². The predicted molar refractivity (Wildman–Crippen MR) is 68.4 cm³/mol. The van der Waals surface area contributed by atoms with E-state index in [1.54, 1.807) is 13.1 Å². The number of aromatic nitrogens is 1. The second kappa shape index (κ2) is 4.87. The Labute approximate surface area is 100 Å². The molecule has 1 aliphatic heterocycles. The van der Waals surface area contributed by atoms with Gasteiger partial charge in [-0.25, -0.2) is 4.98 Å². The smallest absolute Gasteiger partial charge is 0.163 e. The van der Waals surface area contributed by atoms with Crippen molar-refractivity contribution in [3.8, 4) is 0 Å². The van der Waals surface area contributed by atoms with Gasteiger partial charge in [-0.2, -0.15) is 11.8 Å². The Kier molecular flexibility index (Phi) is 3.49. The Morgan fingerprint density at radius 3 is 3.12 bits per heavy atom. The number of nitrogens with zero attached hydrogens (tertiary/aromatic N) is 2. The van der Waals surface area contributed by atoms with Gasteiger partial charge in [-0.05, 0) is 26.0 Å². The van der Waals surface area contributed by atoms with Crippen LogP contribution in [0.3, 0.4) is 0 Å². The molecule has 0 amide bonds. The van der Waals surface area contributed by atoms with E-state index in [1.165, 1.54) is 0 Å². The SMILES string of the molecule is CC(=O)c1cccnc1N1CCSCC1C. The minimum atomic E-state index is 0.0912. The molecule has 86 valence electrons. The number of carbonyl (C=O) groups is 1. The summed E-state index contributed by atoms with van der Waals surface area (Å²) in [6.07, 6.45) is 1.76. The number of Topliss-reactive ketones (excluding diaryl/α,β-unsaturated/α-hetero) is 1. The van der Waals surface area contributed by atoms with E-state index in [2.05, 4.69) is 16.8 Å². The fraction of sp³-hybridized carbons (Fsp3) is 0.500. The molecule has 0 saturated carbocycles. The summed E-state index contributed by atoms with van der Waals surface area (Å²) in [6.45, 7) is 4.76. The molecule has 16 heavy (non-hydrogen) atoms. The number of hydrogen-bond donors (Lipinski definition) is 0. The highest BCUT2D eigenvalue weighted by Crippen LogP contribution is 2.25.